The minimum atomic E-state index is -0.0987. The van der Waals surface area contributed by atoms with E-state index in [0.29, 0.717) is 11.1 Å². The molecule has 6 nitrogen and oxygen atoms in total. The summed E-state index contributed by atoms with van der Waals surface area (Å²) < 4.78 is 1.50. The average Bonchev–Trinajstić information content (AvgIpc) is 3.45. The van der Waals surface area contributed by atoms with Gasteiger partial charge in [0.05, 0.1) is 5.75 Å². The van der Waals surface area contributed by atoms with E-state index in [2.05, 4.69) is 27.6 Å². The van der Waals surface area contributed by atoms with Crippen molar-refractivity contribution in [1.29, 1.82) is 0 Å². The van der Waals surface area contributed by atoms with Gasteiger partial charge in [-0.05, 0) is 36.1 Å². The summed E-state index contributed by atoms with van der Waals surface area (Å²) in [5.74, 6) is 7.37. The number of nitrogens with two attached hydrogens (primary N) is 1. The molecule has 1 aliphatic rings. The first-order chi connectivity index (χ1) is 12.7. The molecule has 132 valence electrons. The normalized spacial score (nSPS) is 13.5. The Labute approximate surface area is 155 Å². The van der Waals surface area contributed by atoms with E-state index in [0.717, 1.165) is 35.5 Å². The highest BCUT2D eigenvalue weighted by Gasteiger charge is 2.30. The largest absolute Gasteiger partial charge is 0.336 e. The lowest BCUT2D eigenvalue weighted by atomic mass is 10.1. The molecule has 7 heteroatoms. The van der Waals surface area contributed by atoms with Gasteiger partial charge < -0.3 is 11.2 Å². The van der Waals surface area contributed by atoms with Gasteiger partial charge in [0.15, 0.2) is 5.82 Å². The highest BCUT2D eigenvalue weighted by atomic mass is 32.2. The Hall–Kier alpha value is -2.80. The number of carbonyl (C=O) groups is 1. The third kappa shape index (κ3) is 3.72. The number of hydrogen-bond acceptors (Lipinski definition) is 5. The Morgan fingerprint density at radius 3 is 2.46 bits per heavy atom. The first-order valence-corrected chi connectivity index (χ1v) is 9.48. The van der Waals surface area contributed by atoms with E-state index in [-0.39, 0.29) is 11.7 Å². The quantitative estimate of drug-likeness (QED) is 0.517. The average molecular weight is 365 g/mol. The smallest absolute Gasteiger partial charge is 0.234 e. The lowest BCUT2D eigenvalue weighted by Gasteiger charge is -2.07. The maximum Gasteiger partial charge on any atom is 0.234 e. The van der Waals surface area contributed by atoms with E-state index >= 15 is 0 Å². The molecule has 1 fully saturated rings. The van der Waals surface area contributed by atoms with Crippen LogP contribution in [0.2, 0.25) is 0 Å². The number of benzene rings is 2. The Balaban J connectivity index is 1.33. The number of amides is 1. The van der Waals surface area contributed by atoms with Crippen LogP contribution in [0.15, 0.2) is 59.8 Å². The van der Waals surface area contributed by atoms with Crippen LogP contribution in [0.1, 0.15) is 24.6 Å². The fourth-order valence-electron chi connectivity index (χ4n) is 2.71. The first kappa shape index (κ1) is 16.7. The molecule has 1 saturated carbocycles. The van der Waals surface area contributed by atoms with Gasteiger partial charge in [-0.1, -0.05) is 54.2 Å². The maximum absolute atomic E-state index is 12.2. The van der Waals surface area contributed by atoms with Crippen LogP contribution in [-0.2, 0) is 4.79 Å². The summed E-state index contributed by atoms with van der Waals surface area (Å²) in [5.41, 5.74) is 3.03. The van der Waals surface area contributed by atoms with Crippen molar-refractivity contribution in [2.45, 2.75) is 23.9 Å². The molecular formula is C19H19N5OS. The van der Waals surface area contributed by atoms with Crippen LogP contribution in [-0.4, -0.2) is 26.5 Å². The molecule has 3 N–H and O–H groups in total. The van der Waals surface area contributed by atoms with E-state index < -0.39 is 0 Å². The van der Waals surface area contributed by atoms with Gasteiger partial charge >= 0.3 is 0 Å². The molecule has 0 aliphatic heterocycles. The number of rotatable bonds is 6. The molecule has 4 rings (SSSR count). The van der Waals surface area contributed by atoms with Gasteiger partial charge in [-0.2, -0.15) is 0 Å². The Morgan fingerprint density at radius 1 is 1.08 bits per heavy atom. The summed E-state index contributed by atoms with van der Waals surface area (Å²) in [6.45, 7) is 0. The van der Waals surface area contributed by atoms with Crippen LogP contribution in [0.5, 0.6) is 0 Å². The van der Waals surface area contributed by atoms with Crippen molar-refractivity contribution in [1.82, 2.24) is 14.9 Å². The highest BCUT2D eigenvalue weighted by Crippen LogP contribution is 2.39. The van der Waals surface area contributed by atoms with Gasteiger partial charge in [0.1, 0.15) is 0 Å². The van der Waals surface area contributed by atoms with Crippen molar-refractivity contribution in [3.05, 3.63) is 60.4 Å². The fourth-order valence-corrected chi connectivity index (χ4v) is 3.37. The van der Waals surface area contributed by atoms with Crippen molar-refractivity contribution in [3.63, 3.8) is 0 Å². The Morgan fingerprint density at radius 2 is 1.77 bits per heavy atom. The van der Waals surface area contributed by atoms with E-state index in [1.165, 1.54) is 16.4 Å². The third-order valence-corrected chi connectivity index (χ3v) is 5.18. The number of carbonyl (C=O) groups excluding carboxylic acids is 1. The molecule has 26 heavy (non-hydrogen) atoms. The van der Waals surface area contributed by atoms with Crippen LogP contribution in [0.3, 0.4) is 0 Å². The zero-order chi connectivity index (χ0) is 17.9. The SMILES string of the molecule is Nn1c(SCC(=O)Nc2ccc(-c3ccccc3)cc2)nnc1C1CC1. The molecule has 1 amide bonds. The van der Waals surface area contributed by atoms with Crippen molar-refractivity contribution in [2.75, 3.05) is 16.9 Å². The van der Waals surface area contributed by atoms with Gasteiger partial charge in [0.25, 0.3) is 0 Å². The third-order valence-electron chi connectivity index (χ3n) is 4.24. The summed E-state index contributed by atoms with van der Waals surface area (Å²) in [7, 11) is 0. The number of aromatic nitrogens is 3. The summed E-state index contributed by atoms with van der Waals surface area (Å²) in [6, 6.07) is 17.9. The van der Waals surface area contributed by atoms with E-state index in [1.807, 2.05) is 42.5 Å². The zero-order valence-electron chi connectivity index (χ0n) is 14.1. The van der Waals surface area contributed by atoms with Crippen molar-refractivity contribution < 1.29 is 4.79 Å². The monoisotopic (exact) mass is 365 g/mol. The van der Waals surface area contributed by atoms with Crippen LogP contribution in [0, 0.1) is 0 Å². The Bertz CT molecular complexity index is 903. The molecule has 0 atom stereocenters. The second-order valence-electron chi connectivity index (χ2n) is 6.27. The number of anilines is 1. The van der Waals surface area contributed by atoms with E-state index in [4.69, 9.17) is 5.84 Å². The predicted octanol–water partition coefficient (Wildman–Crippen LogP) is 3.27. The van der Waals surface area contributed by atoms with Crippen LogP contribution in [0.4, 0.5) is 5.69 Å². The molecular weight excluding hydrogens is 346 g/mol. The second kappa shape index (κ2) is 7.21. The van der Waals surface area contributed by atoms with Crippen LogP contribution in [0.25, 0.3) is 11.1 Å². The van der Waals surface area contributed by atoms with E-state index in [9.17, 15) is 4.79 Å². The van der Waals surface area contributed by atoms with Crippen LogP contribution < -0.4 is 11.2 Å². The van der Waals surface area contributed by atoms with Crippen molar-refractivity contribution in [3.8, 4) is 11.1 Å². The summed E-state index contributed by atoms with van der Waals surface area (Å²) in [5, 5.41) is 11.7. The predicted molar refractivity (Wildman–Crippen MR) is 103 cm³/mol. The lowest BCUT2D eigenvalue weighted by molar-refractivity contribution is -0.113. The number of nitrogens with one attached hydrogen (secondary N) is 1. The van der Waals surface area contributed by atoms with Gasteiger partial charge in [0.2, 0.25) is 11.1 Å². The lowest BCUT2D eigenvalue weighted by Crippen LogP contribution is -2.17. The fraction of sp³-hybridized carbons (Fsp3) is 0.211. The molecule has 2 aromatic carbocycles. The number of nitrogen functional groups attached to an aromatic ring is 1. The molecule has 1 heterocycles. The van der Waals surface area contributed by atoms with Gasteiger partial charge in [0, 0.05) is 11.6 Å². The first-order valence-electron chi connectivity index (χ1n) is 8.49. The molecule has 0 saturated heterocycles. The molecule has 0 unspecified atom stereocenters. The van der Waals surface area contributed by atoms with Gasteiger partial charge in [-0.3, -0.25) is 4.79 Å². The summed E-state index contributed by atoms with van der Waals surface area (Å²) in [6.07, 6.45) is 2.22. The summed E-state index contributed by atoms with van der Waals surface area (Å²) >= 11 is 1.29. The number of nitrogens with zero attached hydrogens (tertiary/aromatic N) is 3. The molecule has 1 aliphatic carbocycles. The molecule has 0 bridgehead atoms. The second-order valence-corrected chi connectivity index (χ2v) is 7.21. The van der Waals surface area contributed by atoms with E-state index in [1.54, 1.807) is 0 Å². The number of thioether (sulfide) groups is 1. The molecule has 3 aromatic rings. The topological polar surface area (TPSA) is 85.8 Å². The minimum Gasteiger partial charge on any atom is -0.336 e. The van der Waals surface area contributed by atoms with Crippen molar-refractivity contribution >= 4 is 23.4 Å². The zero-order valence-corrected chi connectivity index (χ0v) is 14.9. The van der Waals surface area contributed by atoms with Crippen LogP contribution >= 0.6 is 11.8 Å². The molecule has 0 radical (unpaired) electrons. The van der Waals surface area contributed by atoms with Gasteiger partial charge in [-0.15, -0.1) is 10.2 Å². The molecule has 0 spiro atoms. The van der Waals surface area contributed by atoms with Gasteiger partial charge in [-0.25, -0.2) is 4.68 Å². The van der Waals surface area contributed by atoms with Crippen molar-refractivity contribution in [2.24, 2.45) is 0 Å². The standard InChI is InChI=1S/C19H19N5OS/c20-24-18(15-6-7-15)22-23-19(24)26-12-17(25)21-16-10-8-14(9-11-16)13-4-2-1-3-5-13/h1-5,8-11,15H,6-7,12,20H2,(H,21,25). The molecule has 1 aromatic heterocycles. The Kier molecular flexibility index (Phi) is 4.62. The minimum absolute atomic E-state index is 0.0987. The maximum atomic E-state index is 12.2. The summed E-state index contributed by atoms with van der Waals surface area (Å²) in [4.78, 5) is 12.2. The highest BCUT2D eigenvalue weighted by molar-refractivity contribution is 7.99. The number of hydrogen-bond donors (Lipinski definition) is 2.